The molecule has 4 rings (SSSR count). The van der Waals surface area contributed by atoms with Crippen molar-refractivity contribution in [3.8, 4) is 11.1 Å². The van der Waals surface area contributed by atoms with E-state index in [0.717, 1.165) is 43.2 Å². The number of aryl methyl sites for hydroxylation is 1. The standard InChI is InChI=1S/C25H29N3O/c1-19-15-26-28(16-19)18-22-11-13-27(14-12-22)17-21-3-5-24(6-4-21)25-9-7-23(8-10-25)20(2)29/h3-10,15-16,22H,11-14,17-18H2,1-2H3. The molecule has 1 aliphatic heterocycles. The Bertz CT molecular complexity index is 948. The van der Waals surface area contributed by atoms with E-state index in [0.29, 0.717) is 0 Å². The summed E-state index contributed by atoms with van der Waals surface area (Å²) in [7, 11) is 0. The summed E-state index contributed by atoms with van der Waals surface area (Å²) < 4.78 is 2.09. The van der Waals surface area contributed by atoms with E-state index in [1.54, 1.807) is 6.92 Å². The molecule has 2 aromatic carbocycles. The van der Waals surface area contributed by atoms with Crippen molar-refractivity contribution in [3.63, 3.8) is 0 Å². The van der Waals surface area contributed by atoms with E-state index in [4.69, 9.17) is 0 Å². The van der Waals surface area contributed by atoms with Gasteiger partial charge in [-0.25, -0.2) is 0 Å². The summed E-state index contributed by atoms with van der Waals surface area (Å²) in [4.78, 5) is 14.0. The van der Waals surface area contributed by atoms with Gasteiger partial charge < -0.3 is 0 Å². The van der Waals surface area contributed by atoms with Gasteiger partial charge in [-0.2, -0.15) is 5.10 Å². The summed E-state index contributed by atoms with van der Waals surface area (Å²) in [5, 5.41) is 4.43. The van der Waals surface area contributed by atoms with E-state index in [9.17, 15) is 4.79 Å². The zero-order valence-electron chi connectivity index (χ0n) is 17.3. The molecule has 1 aliphatic rings. The van der Waals surface area contributed by atoms with E-state index >= 15 is 0 Å². The van der Waals surface area contributed by atoms with Crippen LogP contribution in [0.3, 0.4) is 0 Å². The molecule has 1 saturated heterocycles. The Kier molecular flexibility index (Phi) is 5.91. The van der Waals surface area contributed by atoms with Crippen LogP contribution >= 0.6 is 0 Å². The average Bonchev–Trinajstić information content (AvgIpc) is 3.15. The van der Waals surface area contributed by atoms with Crippen molar-refractivity contribution in [2.75, 3.05) is 13.1 Å². The van der Waals surface area contributed by atoms with Crippen molar-refractivity contribution in [2.24, 2.45) is 5.92 Å². The first-order valence-corrected chi connectivity index (χ1v) is 10.5. The van der Waals surface area contributed by atoms with Crippen LogP contribution in [0.25, 0.3) is 11.1 Å². The molecule has 0 atom stereocenters. The Labute approximate surface area is 173 Å². The summed E-state index contributed by atoms with van der Waals surface area (Å²) in [6.07, 6.45) is 6.55. The highest BCUT2D eigenvalue weighted by Crippen LogP contribution is 2.23. The van der Waals surface area contributed by atoms with Crippen molar-refractivity contribution in [1.29, 1.82) is 0 Å². The summed E-state index contributed by atoms with van der Waals surface area (Å²) in [5.41, 5.74) is 5.70. The molecule has 0 bridgehead atoms. The first kappa shape index (κ1) is 19.6. The number of benzene rings is 2. The van der Waals surface area contributed by atoms with Crippen molar-refractivity contribution in [1.82, 2.24) is 14.7 Å². The van der Waals surface area contributed by atoms with Crippen LogP contribution < -0.4 is 0 Å². The van der Waals surface area contributed by atoms with E-state index in [1.807, 2.05) is 30.5 Å². The molecule has 0 saturated carbocycles. The number of hydrogen-bond acceptors (Lipinski definition) is 3. The molecule has 4 nitrogen and oxygen atoms in total. The normalized spacial score (nSPS) is 15.5. The number of likely N-dealkylation sites (tertiary alicyclic amines) is 1. The quantitative estimate of drug-likeness (QED) is 0.560. The van der Waals surface area contributed by atoms with E-state index in [2.05, 4.69) is 52.1 Å². The number of nitrogens with zero attached hydrogens (tertiary/aromatic N) is 3. The van der Waals surface area contributed by atoms with Gasteiger partial charge in [-0.3, -0.25) is 14.4 Å². The average molecular weight is 388 g/mol. The second-order valence-corrected chi connectivity index (χ2v) is 8.29. The summed E-state index contributed by atoms with van der Waals surface area (Å²) >= 11 is 0. The fourth-order valence-electron chi connectivity index (χ4n) is 4.12. The van der Waals surface area contributed by atoms with Crippen LogP contribution in [-0.2, 0) is 13.1 Å². The minimum absolute atomic E-state index is 0.107. The van der Waals surface area contributed by atoms with Gasteiger partial charge >= 0.3 is 0 Å². The van der Waals surface area contributed by atoms with Crippen LogP contribution in [0.4, 0.5) is 0 Å². The van der Waals surface area contributed by atoms with E-state index in [-0.39, 0.29) is 5.78 Å². The molecule has 3 aromatic rings. The molecular weight excluding hydrogens is 358 g/mol. The molecular formula is C25H29N3O. The molecule has 4 heteroatoms. The topological polar surface area (TPSA) is 38.1 Å². The van der Waals surface area contributed by atoms with Gasteiger partial charge in [-0.15, -0.1) is 0 Å². The lowest BCUT2D eigenvalue weighted by atomic mass is 9.96. The van der Waals surface area contributed by atoms with Gasteiger partial charge in [0.25, 0.3) is 0 Å². The maximum absolute atomic E-state index is 11.4. The fraction of sp³-hybridized carbons (Fsp3) is 0.360. The van der Waals surface area contributed by atoms with Gasteiger partial charge in [-0.05, 0) is 68.0 Å². The zero-order chi connectivity index (χ0) is 20.2. The molecule has 0 aliphatic carbocycles. The number of ketones is 1. The molecule has 1 aromatic heterocycles. The molecule has 1 fully saturated rings. The van der Waals surface area contributed by atoms with Gasteiger partial charge in [0, 0.05) is 24.8 Å². The van der Waals surface area contributed by atoms with Crippen molar-refractivity contribution in [3.05, 3.63) is 77.6 Å². The third-order valence-corrected chi connectivity index (χ3v) is 5.90. The van der Waals surface area contributed by atoms with Crippen molar-refractivity contribution >= 4 is 5.78 Å². The summed E-state index contributed by atoms with van der Waals surface area (Å²) in [6.45, 7) is 8.05. The van der Waals surface area contributed by atoms with Crippen LogP contribution in [0.15, 0.2) is 60.9 Å². The van der Waals surface area contributed by atoms with E-state index in [1.165, 1.54) is 29.5 Å². The smallest absolute Gasteiger partial charge is 0.159 e. The molecule has 0 spiro atoms. The second-order valence-electron chi connectivity index (χ2n) is 8.29. The third kappa shape index (κ3) is 5.01. The number of hydrogen-bond donors (Lipinski definition) is 0. The Balaban J connectivity index is 1.29. The lowest BCUT2D eigenvalue weighted by Crippen LogP contribution is -2.34. The lowest BCUT2D eigenvalue weighted by Gasteiger charge is -2.32. The van der Waals surface area contributed by atoms with Gasteiger partial charge in [-0.1, -0.05) is 48.5 Å². The SMILES string of the molecule is CC(=O)c1ccc(-c2ccc(CN3CCC(Cn4cc(C)cn4)CC3)cc2)cc1. The largest absolute Gasteiger partial charge is 0.299 e. The maximum atomic E-state index is 11.4. The van der Waals surface area contributed by atoms with Crippen LogP contribution in [0.2, 0.25) is 0 Å². The summed E-state index contributed by atoms with van der Waals surface area (Å²) in [5.74, 6) is 0.835. The fourth-order valence-corrected chi connectivity index (χ4v) is 4.12. The van der Waals surface area contributed by atoms with Gasteiger partial charge in [0.1, 0.15) is 0 Å². The van der Waals surface area contributed by atoms with Gasteiger partial charge in [0.05, 0.1) is 6.20 Å². The minimum atomic E-state index is 0.107. The van der Waals surface area contributed by atoms with Gasteiger partial charge in [0.2, 0.25) is 0 Å². The molecule has 0 amide bonds. The third-order valence-electron chi connectivity index (χ3n) is 5.90. The van der Waals surface area contributed by atoms with Crippen molar-refractivity contribution < 1.29 is 4.79 Å². The second kappa shape index (κ2) is 8.75. The monoisotopic (exact) mass is 387 g/mol. The van der Waals surface area contributed by atoms with Crippen LogP contribution in [-0.4, -0.2) is 33.6 Å². The predicted molar refractivity (Wildman–Crippen MR) is 117 cm³/mol. The van der Waals surface area contributed by atoms with Crippen LogP contribution in [0.5, 0.6) is 0 Å². The predicted octanol–water partition coefficient (Wildman–Crippen LogP) is 4.97. The number of carbonyl (C=O) groups is 1. The molecule has 0 radical (unpaired) electrons. The Morgan fingerprint density at radius 2 is 1.62 bits per heavy atom. The van der Waals surface area contributed by atoms with E-state index < -0.39 is 0 Å². The highest BCUT2D eigenvalue weighted by molar-refractivity contribution is 5.94. The highest BCUT2D eigenvalue weighted by Gasteiger charge is 2.20. The van der Waals surface area contributed by atoms with Crippen LogP contribution in [0.1, 0.15) is 41.3 Å². The van der Waals surface area contributed by atoms with Crippen LogP contribution in [0, 0.1) is 12.8 Å². The highest BCUT2D eigenvalue weighted by atomic mass is 16.1. The van der Waals surface area contributed by atoms with Crippen molar-refractivity contribution in [2.45, 2.75) is 39.8 Å². The number of aromatic nitrogens is 2. The first-order chi connectivity index (χ1) is 14.1. The molecule has 2 heterocycles. The molecule has 29 heavy (non-hydrogen) atoms. The molecule has 0 N–H and O–H groups in total. The number of Topliss-reactive ketones (excluding diaryl/α,β-unsaturated/α-hetero) is 1. The molecule has 150 valence electrons. The number of rotatable bonds is 6. The minimum Gasteiger partial charge on any atom is -0.299 e. The lowest BCUT2D eigenvalue weighted by molar-refractivity contribution is 0.101. The number of piperidine rings is 1. The van der Waals surface area contributed by atoms with Gasteiger partial charge in [0.15, 0.2) is 5.78 Å². The summed E-state index contributed by atoms with van der Waals surface area (Å²) in [6, 6.07) is 16.7. The Morgan fingerprint density at radius 1 is 1.00 bits per heavy atom. The Morgan fingerprint density at radius 3 is 2.17 bits per heavy atom. The number of carbonyl (C=O) groups excluding carboxylic acids is 1. The zero-order valence-corrected chi connectivity index (χ0v) is 17.3. The Hall–Kier alpha value is -2.72. The first-order valence-electron chi connectivity index (χ1n) is 10.5. The molecule has 0 unspecified atom stereocenters. The maximum Gasteiger partial charge on any atom is 0.159 e.